The fraction of sp³-hybridized carbons (Fsp3) is 0.696. The van der Waals surface area contributed by atoms with Crippen molar-refractivity contribution in [1.82, 2.24) is 9.88 Å². The van der Waals surface area contributed by atoms with Gasteiger partial charge in [-0.1, -0.05) is 42.8 Å². The van der Waals surface area contributed by atoms with Gasteiger partial charge in [0.05, 0.1) is 29.5 Å². The molecule has 1 aromatic rings. The quantitative estimate of drug-likeness (QED) is 0.325. The Morgan fingerprint density at radius 3 is 2.56 bits per heavy atom. The highest BCUT2D eigenvalue weighted by Crippen LogP contribution is 2.33. The van der Waals surface area contributed by atoms with Crippen molar-refractivity contribution >= 4 is 40.2 Å². The number of nitrogens with one attached hydrogen (secondary N) is 1. The van der Waals surface area contributed by atoms with Gasteiger partial charge in [0.25, 0.3) is 0 Å². The standard InChI is InChI=1S/C23H35N3O4S2/c1-16(2)15-30-19-10-8-18(9-11-19)26(17-6-4-3-5-7-17)23(29)25-22-24-14-21(32-22)31-13-12-20(27)28/h14,17-19H,1,3-13,15H2,2H3,(H,27,28)(H,24,25,29). The third-order valence-electron chi connectivity index (χ3n) is 6.06. The molecule has 7 nitrogen and oxygen atoms in total. The Bertz CT molecular complexity index is 771. The van der Waals surface area contributed by atoms with Crippen LogP contribution >= 0.6 is 23.1 Å². The van der Waals surface area contributed by atoms with E-state index in [1.165, 1.54) is 42.4 Å². The van der Waals surface area contributed by atoms with E-state index in [1.807, 2.05) is 6.92 Å². The molecule has 2 fully saturated rings. The second kappa shape index (κ2) is 12.6. The van der Waals surface area contributed by atoms with Gasteiger partial charge in [0, 0.05) is 17.8 Å². The fourth-order valence-corrected chi connectivity index (χ4v) is 6.39. The van der Waals surface area contributed by atoms with E-state index in [1.54, 1.807) is 6.20 Å². The summed E-state index contributed by atoms with van der Waals surface area (Å²) in [6.45, 7) is 6.51. The molecule has 32 heavy (non-hydrogen) atoms. The largest absolute Gasteiger partial charge is 0.481 e. The first kappa shape index (κ1) is 25.1. The highest BCUT2D eigenvalue weighted by Gasteiger charge is 2.34. The number of thioether (sulfide) groups is 1. The molecular formula is C23H35N3O4S2. The van der Waals surface area contributed by atoms with E-state index in [-0.39, 0.29) is 30.6 Å². The minimum atomic E-state index is -0.807. The van der Waals surface area contributed by atoms with E-state index in [2.05, 4.69) is 21.8 Å². The molecule has 0 radical (unpaired) electrons. The van der Waals surface area contributed by atoms with Crippen LogP contribution in [0.3, 0.4) is 0 Å². The fourth-order valence-electron chi connectivity index (χ4n) is 4.52. The molecule has 0 atom stereocenters. The number of aliphatic carboxylic acids is 1. The first-order valence-electron chi connectivity index (χ1n) is 11.6. The molecular weight excluding hydrogens is 446 g/mol. The molecule has 3 rings (SSSR count). The maximum absolute atomic E-state index is 13.4. The zero-order chi connectivity index (χ0) is 22.9. The third-order valence-corrected chi connectivity index (χ3v) is 8.17. The number of hydrogen-bond acceptors (Lipinski definition) is 6. The normalized spacial score (nSPS) is 21.8. The van der Waals surface area contributed by atoms with Gasteiger partial charge >= 0.3 is 12.0 Å². The number of ether oxygens (including phenoxy) is 1. The Balaban J connectivity index is 1.59. The van der Waals surface area contributed by atoms with E-state index in [0.29, 0.717) is 17.5 Å². The first-order valence-corrected chi connectivity index (χ1v) is 13.4. The highest BCUT2D eigenvalue weighted by atomic mass is 32.2. The van der Waals surface area contributed by atoms with Crippen LogP contribution in [-0.4, -0.2) is 57.5 Å². The van der Waals surface area contributed by atoms with Gasteiger partial charge in [0.2, 0.25) is 0 Å². The molecule has 9 heteroatoms. The number of carbonyl (C=O) groups excluding carboxylic acids is 1. The minimum absolute atomic E-state index is 0.0559. The Kier molecular flexibility index (Phi) is 9.87. The molecule has 0 unspecified atom stereocenters. The topological polar surface area (TPSA) is 91.8 Å². The van der Waals surface area contributed by atoms with Gasteiger partial charge in [-0.2, -0.15) is 0 Å². The molecule has 1 aromatic heterocycles. The average Bonchev–Trinajstić information content (AvgIpc) is 3.21. The zero-order valence-corrected chi connectivity index (χ0v) is 20.5. The number of rotatable bonds is 10. The van der Waals surface area contributed by atoms with Crippen LogP contribution in [0.15, 0.2) is 22.6 Å². The summed E-state index contributed by atoms with van der Waals surface area (Å²) in [5.74, 6) is -0.311. The minimum Gasteiger partial charge on any atom is -0.481 e. The SMILES string of the molecule is C=C(C)COC1CCC(N(C(=O)Nc2ncc(SCCC(=O)O)s2)C2CCCCC2)CC1. The van der Waals surface area contributed by atoms with Crippen molar-refractivity contribution < 1.29 is 19.4 Å². The monoisotopic (exact) mass is 481 g/mol. The predicted octanol–water partition coefficient (Wildman–Crippen LogP) is 5.78. The summed E-state index contributed by atoms with van der Waals surface area (Å²) in [7, 11) is 0. The van der Waals surface area contributed by atoms with Crippen molar-refractivity contribution in [3.63, 3.8) is 0 Å². The summed E-state index contributed by atoms with van der Waals surface area (Å²) in [6.07, 6.45) is 11.6. The van der Waals surface area contributed by atoms with Crippen molar-refractivity contribution in [2.24, 2.45) is 0 Å². The first-order chi connectivity index (χ1) is 15.4. The number of urea groups is 1. The van der Waals surface area contributed by atoms with Crippen LogP contribution in [0.5, 0.6) is 0 Å². The maximum atomic E-state index is 13.4. The Hall–Kier alpha value is -1.58. The van der Waals surface area contributed by atoms with Crippen molar-refractivity contribution in [1.29, 1.82) is 0 Å². The summed E-state index contributed by atoms with van der Waals surface area (Å²) in [6, 6.07) is 0.456. The lowest BCUT2D eigenvalue weighted by Crippen LogP contribution is -2.51. The molecule has 0 aliphatic heterocycles. The lowest BCUT2D eigenvalue weighted by Gasteiger charge is -2.42. The Labute approximate surface area is 199 Å². The van der Waals surface area contributed by atoms with Crippen LogP contribution in [-0.2, 0) is 9.53 Å². The van der Waals surface area contributed by atoms with E-state index in [4.69, 9.17) is 9.84 Å². The van der Waals surface area contributed by atoms with Crippen LogP contribution in [0.2, 0.25) is 0 Å². The number of amides is 2. The number of carboxylic acid groups (broad SMARTS) is 1. The molecule has 2 amide bonds. The van der Waals surface area contributed by atoms with Gasteiger partial charge in [-0.25, -0.2) is 9.78 Å². The second-order valence-electron chi connectivity index (χ2n) is 8.80. The summed E-state index contributed by atoms with van der Waals surface area (Å²) in [4.78, 5) is 30.5. The van der Waals surface area contributed by atoms with Crippen molar-refractivity contribution in [2.45, 2.75) is 93.5 Å². The van der Waals surface area contributed by atoms with Gasteiger partial charge in [-0.3, -0.25) is 10.1 Å². The third kappa shape index (κ3) is 7.78. The van der Waals surface area contributed by atoms with E-state index >= 15 is 0 Å². The maximum Gasteiger partial charge on any atom is 0.324 e. The number of carboxylic acids is 1. The van der Waals surface area contributed by atoms with Crippen LogP contribution in [0.25, 0.3) is 0 Å². The number of thiazole rings is 1. The van der Waals surface area contributed by atoms with Crippen LogP contribution < -0.4 is 5.32 Å². The molecule has 2 saturated carbocycles. The van der Waals surface area contributed by atoms with E-state index < -0.39 is 5.97 Å². The van der Waals surface area contributed by atoms with Crippen molar-refractivity contribution in [2.75, 3.05) is 17.7 Å². The van der Waals surface area contributed by atoms with Gasteiger partial charge < -0.3 is 14.7 Å². The molecule has 0 aromatic carbocycles. The average molecular weight is 482 g/mol. The number of carbonyl (C=O) groups is 2. The molecule has 0 bridgehead atoms. The highest BCUT2D eigenvalue weighted by molar-refractivity contribution is 8.01. The number of hydrogen-bond donors (Lipinski definition) is 2. The summed E-state index contributed by atoms with van der Waals surface area (Å²) < 4.78 is 6.88. The molecule has 1 heterocycles. The van der Waals surface area contributed by atoms with Crippen LogP contribution in [0.4, 0.5) is 9.93 Å². The smallest absolute Gasteiger partial charge is 0.324 e. The zero-order valence-electron chi connectivity index (χ0n) is 18.9. The molecule has 2 aliphatic carbocycles. The van der Waals surface area contributed by atoms with E-state index in [9.17, 15) is 9.59 Å². The van der Waals surface area contributed by atoms with Crippen LogP contribution in [0.1, 0.15) is 71.1 Å². The Morgan fingerprint density at radius 1 is 1.22 bits per heavy atom. The van der Waals surface area contributed by atoms with Gasteiger partial charge in [-0.05, 0) is 45.4 Å². The Morgan fingerprint density at radius 2 is 1.91 bits per heavy atom. The van der Waals surface area contributed by atoms with Gasteiger partial charge in [-0.15, -0.1) is 11.8 Å². The lowest BCUT2D eigenvalue weighted by atomic mass is 9.88. The number of nitrogens with zero attached hydrogens (tertiary/aromatic N) is 2. The van der Waals surface area contributed by atoms with Gasteiger partial charge in [0.15, 0.2) is 5.13 Å². The van der Waals surface area contributed by atoms with Crippen molar-refractivity contribution in [3.05, 3.63) is 18.3 Å². The van der Waals surface area contributed by atoms with E-state index in [0.717, 1.165) is 48.3 Å². The summed E-state index contributed by atoms with van der Waals surface area (Å²) >= 11 is 2.86. The van der Waals surface area contributed by atoms with Crippen molar-refractivity contribution in [3.8, 4) is 0 Å². The number of anilines is 1. The lowest BCUT2D eigenvalue weighted by molar-refractivity contribution is -0.136. The van der Waals surface area contributed by atoms with Crippen LogP contribution in [0, 0.1) is 0 Å². The predicted molar refractivity (Wildman–Crippen MR) is 130 cm³/mol. The molecule has 2 N–H and O–H groups in total. The summed E-state index contributed by atoms with van der Waals surface area (Å²) in [5.41, 5.74) is 1.04. The molecule has 178 valence electrons. The second-order valence-corrected chi connectivity index (χ2v) is 11.2. The molecule has 0 saturated heterocycles. The molecule has 0 spiro atoms. The number of aromatic nitrogens is 1. The molecule has 2 aliphatic rings. The van der Waals surface area contributed by atoms with Gasteiger partial charge in [0.1, 0.15) is 0 Å². The summed E-state index contributed by atoms with van der Waals surface area (Å²) in [5, 5.41) is 12.4.